The van der Waals surface area contributed by atoms with Crippen LogP contribution < -0.4 is 24.2 Å². The molecule has 0 aromatic heterocycles. The summed E-state index contributed by atoms with van der Waals surface area (Å²) in [5.41, 5.74) is 0.322. The number of hydrogen-bond acceptors (Lipinski definition) is 8. The Balaban J connectivity index is 0.000000308. The fourth-order valence-corrected chi connectivity index (χ4v) is 4.52. The number of benzene rings is 4. The molecule has 0 unspecified atom stereocenters. The lowest BCUT2D eigenvalue weighted by atomic mass is 9.98. The molecule has 0 heterocycles. The summed E-state index contributed by atoms with van der Waals surface area (Å²) in [7, 11) is 0. The van der Waals surface area contributed by atoms with Crippen molar-refractivity contribution in [2.24, 2.45) is 0 Å². The summed E-state index contributed by atoms with van der Waals surface area (Å²) in [6, 6.07) is 25.5. The van der Waals surface area contributed by atoms with Crippen LogP contribution in [0.15, 0.2) is 84.9 Å². The number of aromatic carboxylic acids is 4. The van der Waals surface area contributed by atoms with Gasteiger partial charge in [-0.3, -0.25) is 0 Å². The van der Waals surface area contributed by atoms with Gasteiger partial charge in [-0.1, -0.05) is 53.1 Å². The Labute approximate surface area is 283 Å². The number of carboxylic acids is 4. The van der Waals surface area contributed by atoms with Crippen molar-refractivity contribution in [1.29, 1.82) is 0 Å². The second-order valence-electron chi connectivity index (χ2n) is 11.1. The first-order valence-electron chi connectivity index (χ1n) is 15.3. The van der Waals surface area contributed by atoms with Gasteiger partial charge in [0.2, 0.25) is 0 Å². The molecule has 0 aliphatic rings. The van der Waals surface area contributed by atoms with E-state index in [9.17, 15) is 24.3 Å². The van der Waals surface area contributed by atoms with Crippen molar-refractivity contribution in [3.8, 4) is 17.2 Å². The molecule has 12 heteroatoms. The third kappa shape index (κ3) is 12.3. The third-order valence-electron chi connectivity index (χ3n) is 7.30. The molecular formula is C37H39NO11. The summed E-state index contributed by atoms with van der Waals surface area (Å²) in [5, 5.41) is 36.8. The van der Waals surface area contributed by atoms with E-state index in [0.29, 0.717) is 32.0 Å². The molecule has 0 radical (unpaired) electrons. The van der Waals surface area contributed by atoms with Gasteiger partial charge in [0, 0.05) is 5.56 Å². The largest absolute Gasteiger partial charge is 0.545 e. The van der Waals surface area contributed by atoms with E-state index in [1.807, 2.05) is 36.4 Å². The molecule has 0 aliphatic carbocycles. The molecule has 4 aromatic rings. The summed E-state index contributed by atoms with van der Waals surface area (Å²) in [6.07, 6.45) is 0. The zero-order valence-electron chi connectivity index (χ0n) is 27.4. The first-order chi connectivity index (χ1) is 23.3. The molecule has 12 nitrogen and oxygen atoms in total. The first-order valence-corrected chi connectivity index (χ1v) is 15.3. The van der Waals surface area contributed by atoms with Crippen molar-refractivity contribution >= 4 is 23.9 Å². The minimum absolute atomic E-state index is 0.449. The second-order valence-corrected chi connectivity index (χ2v) is 11.1. The highest BCUT2D eigenvalue weighted by molar-refractivity contribution is 6.08. The Morgan fingerprint density at radius 1 is 0.510 bits per heavy atom. The number of carbonyl (C=O) groups excluding carboxylic acids is 1. The van der Waals surface area contributed by atoms with Crippen molar-refractivity contribution in [1.82, 2.24) is 0 Å². The number of carbonyl (C=O) groups is 4. The van der Waals surface area contributed by atoms with Gasteiger partial charge in [0.25, 0.3) is 0 Å². The normalized spacial score (nSPS) is 10.4. The summed E-state index contributed by atoms with van der Waals surface area (Å²) in [5.74, 6) is -4.24. The Morgan fingerprint density at radius 3 is 1.04 bits per heavy atom. The van der Waals surface area contributed by atoms with Crippen LogP contribution in [-0.4, -0.2) is 78.7 Å². The van der Waals surface area contributed by atoms with Crippen LogP contribution in [0.1, 0.15) is 58.1 Å². The van der Waals surface area contributed by atoms with Crippen LogP contribution in [0.5, 0.6) is 17.2 Å². The van der Waals surface area contributed by atoms with Crippen LogP contribution in [-0.2, 0) is 0 Å². The smallest absolute Gasteiger partial charge is 0.336 e. The molecule has 0 aliphatic heterocycles. The van der Waals surface area contributed by atoms with Crippen molar-refractivity contribution in [2.45, 2.75) is 20.8 Å². The van der Waals surface area contributed by atoms with E-state index in [1.165, 1.54) is 21.6 Å². The fraction of sp³-hybridized carbons (Fsp3) is 0.243. The highest BCUT2D eigenvalue weighted by atomic mass is 16.5. The number of carboxylic acid groups (broad SMARTS) is 4. The quantitative estimate of drug-likeness (QED) is 0.137. The number of ether oxygens (including phenoxy) is 3. The third-order valence-corrected chi connectivity index (χ3v) is 7.30. The highest BCUT2D eigenvalue weighted by Gasteiger charge is 2.22. The Hall–Kier alpha value is -5.88. The van der Waals surface area contributed by atoms with Gasteiger partial charge in [0.1, 0.15) is 56.7 Å². The van der Waals surface area contributed by atoms with Gasteiger partial charge in [-0.25, -0.2) is 14.4 Å². The van der Waals surface area contributed by atoms with Gasteiger partial charge in [-0.2, -0.15) is 0 Å². The van der Waals surface area contributed by atoms with Crippen LogP contribution in [0.2, 0.25) is 0 Å². The molecular weight excluding hydrogens is 634 g/mol. The number of nitrogens with one attached hydrogen (secondary N) is 1. The number of rotatable bonds is 16. The summed E-state index contributed by atoms with van der Waals surface area (Å²) < 4.78 is 17.8. The average Bonchev–Trinajstić information content (AvgIpc) is 3.06. The molecule has 49 heavy (non-hydrogen) atoms. The minimum Gasteiger partial charge on any atom is -0.545 e. The summed E-state index contributed by atoms with van der Waals surface area (Å²) in [4.78, 5) is 44.3. The molecule has 4 N–H and O–H groups in total. The van der Waals surface area contributed by atoms with Gasteiger partial charge >= 0.3 is 17.9 Å². The van der Waals surface area contributed by atoms with Gasteiger partial charge in [0.05, 0.1) is 22.7 Å². The second kappa shape index (κ2) is 18.5. The number of hydrogen-bond donors (Lipinski definition) is 4. The maximum absolute atomic E-state index is 10.8. The van der Waals surface area contributed by atoms with Gasteiger partial charge in [-0.15, -0.1) is 0 Å². The van der Waals surface area contributed by atoms with Crippen molar-refractivity contribution in [3.63, 3.8) is 0 Å². The number of quaternary nitrogens is 1. The van der Waals surface area contributed by atoms with Gasteiger partial charge in [0.15, 0.2) is 0 Å². The molecule has 4 rings (SSSR count). The lowest BCUT2D eigenvalue weighted by Gasteiger charge is -2.20. The predicted octanol–water partition coefficient (Wildman–Crippen LogP) is 3.18. The lowest BCUT2D eigenvalue weighted by Crippen LogP contribution is -3.13. The zero-order chi connectivity index (χ0) is 35.9. The Kier molecular flexibility index (Phi) is 14.2. The van der Waals surface area contributed by atoms with Crippen LogP contribution in [0.25, 0.3) is 0 Å². The fourth-order valence-electron chi connectivity index (χ4n) is 4.52. The van der Waals surface area contributed by atoms with Crippen LogP contribution >= 0.6 is 0 Å². The molecule has 0 spiro atoms. The van der Waals surface area contributed by atoms with Crippen molar-refractivity contribution < 1.29 is 58.7 Å². The van der Waals surface area contributed by atoms with Crippen molar-refractivity contribution in [3.05, 3.63) is 124 Å². The van der Waals surface area contributed by atoms with E-state index in [-0.39, 0.29) is 0 Å². The molecule has 0 fully saturated rings. The first kappa shape index (κ1) is 37.6. The average molecular weight is 674 g/mol. The zero-order valence-corrected chi connectivity index (χ0v) is 27.4. The Morgan fingerprint density at radius 2 is 0.776 bits per heavy atom. The predicted molar refractivity (Wildman–Crippen MR) is 177 cm³/mol. The van der Waals surface area contributed by atoms with Crippen LogP contribution in [0.4, 0.5) is 0 Å². The molecule has 0 bridgehead atoms. The molecule has 4 aromatic carbocycles. The monoisotopic (exact) mass is 673 g/mol. The van der Waals surface area contributed by atoms with Crippen molar-refractivity contribution in [2.75, 3.05) is 39.5 Å². The molecule has 0 saturated carbocycles. The SMILES string of the molecule is Cc1ccc(OCC[NH+](CCOc2ccc(C)cc2)CCOc2ccc(C)cc2)cc1.O=C([O-])c1cc(C(=O)O)c(C(=O)O)cc1C(=O)O. The van der Waals surface area contributed by atoms with E-state index in [2.05, 4.69) is 57.2 Å². The number of aryl methyl sites for hydroxylation is 3. The highest BCUT2D eigenvalue weighted by Crippen LogP contribution is 2.18. The summed E-state index contributed by atoms with van der Waals surface area (Å²) in [6.45, 7) is 10.9. The van der Waals surface area contributed by atoms with E-state index in [4.69, 9.17) is 29.5 Å². The van der Waals surface area contributed by atoms with Gasteiger partial charge in [-0.05, 0) is 69.3 Å². The minimum atomic E-state index is -1.91. The van der Waals surface area contributed by atoms with E-state index >= 15 is 0 Å². The molecule has 258 valence electrons. The summed E-state index contributed by atoms with van der Waals surface area (Å²) >= 11 is 0. The topological polar surface area (TPSA) is 184 Å². The Bertz CT molecular complexity index is 1500. The molecule has 0 atom stereocenters. The van der Waals surface area contributed by atoms with Crippen LogP contribution in [0.3, 0.4) is 0 Å². The van der Waals surface area contributed by atoms with Gasteiger partial charge < -0.3 is 44.3 Å². The standard InChI is InChI=1S/C27H33NO3.C10H6O8/c1-22-4-10-25(11-5-22)29-19-16-28(17-20-30-26-12-6-23(2)7-13-26)18-21-31-27-14-8-24(3)9-15-27;11-7(12)3-1-4(8(13)14)6(10(17)18)2-5(3)9(15)16/h4-15H,16-21H2,1-3H3;1-2H,(H,11,12)(H,13,14)(H,15,16)(H,17,18). The molecule has 0 saturated heterocycles. The maximum Gasteiger partial charge on any atom is 0.336 e. The van der Waals surface area contributed by atoms with Crippen LogP contribution in [0, 0.1) is 20.8 Å². The van der Waals surface area contributed by atoms with E-state index in [0.717, 1.165) is 36.9 Å². The van der Waals surface area contributed by atoms with E-state index < -0.39 is 46.1 Å². The molecule has 0 amide bonds. The van der Waals surface area contributed by atoms with E-state index in [1.54, 1.807) is 0 Å². The maximum atomic E-state index is 10.8. The lowest BCUT2D eigenvalue weighted by molar-refractivity contribution is -0.900.